The van der Waals surface area contributed by atoms with Gasteiger partial charge in [0.2, 0.25) is 6.41 Å². The number of carbonyl (C=O) groups is 3. The fourth-order valence-corrected chi connectivity index (χ4v) is 2.76. The first-order valence-corrected chi connectivity index (χ1v) is 11.4. The molecule has 0 aliphatic rings. The minimum Gasteiger partial charge on any atom is -0.394 e. The van der Waals surface area contributed by atoms with Gasteiger partial charge < -0.3 is 24.9 Å². The zero-order valence-electron chi connectivity index (χ0n) is 21.6. The van der Waals surface area contributed by atoms with E-state index >= 15 is 4.39 Å². The third-order valence-corrected chi connectivity index (χ3v) is 4.37. The van der Waals surface area contributed by atoms with Gasteiger partial charge in [0, 0.05) is 25.8 Å². The summed E-state index contributed by atoms with van der Waals surface area (Å²) < 4.78 is 49.0. The number of aliphatic hydroxyl groups excluding tert-OH is 1. The number of hydroxylamine groups is 1. The molecule has 0 bridgehead atoms. The third kappa shape index (κ3) is 11.0. The summed E-state index contributed by atoms with van der Waals surface area (Å²) in [6.45, 7) is 6.40. The van der Waals surface area contributed by atoms with Crippen molar-refractivity contribution in [2.75, 3.05) is 38.8 Å². The molecule has 0 fully saturated rings. The van der Waals surface area contributed by atoms with E-state index in [1.165, 1.54) is 26.2 Å². The fraction of sp³-hybridized carbons (Fsp3) is 0.400. The third-order valence-electron chi connectivity index (χ3n) is 4.37. The Morgan fingerprint density at radius 1 is 1.11 bits per heavy atom. The normalized spacial score (nSPS) is 9.76. The summed E-state index contributed by atoms with van der Waals surface area (Å²) in [5.74, 6) is -4.45. The summed E-state index contributed by atoms with van der Waals surface area (Å²) in [5.41, 5.74) is 1.13. The monoisotopic (exact) mass is 529 g/mol. The first kappa shape index (κ1) is 33.5. The highest BCUT2D eigenvalue weighted by Crippen LogP contribution is 2.31. The Bertz CT molecular complexity index is 1010. The predicted molar refractivity (Wildman–Crippen MR) is 133 cm³/mol. The number of amides is 2. The van der Waals surface area contributed by atoms with Crippen molar-refractivity contribution in [1.82, 2.24) is 10.4 Å². The molecule has 0 saturated heterocycles. The molecule has 0 unspecified atom stereocenters. The zero-order chi connectivity index (χ0) is 28.4. The Balaban J connectivity index is 0.00000241. The van der Waals surface area contributed by atoms with Crippen molar-refractivity contribution in [3.8, 4) is 0 Å². The zero-order valence-corrected chi connectivity index (χ0v) is 21.6. The van der Waals surface area contributed by atoms with E-state index in [9.17, 15) is 18.4 Å². The molecule has 9 nitrogen and oxygen atoms in total. The fourth-order valence-electron chi connectivity index (χ4n) is 2.76. The average Bonchev–Trinajstić information content (AvgIpc) is 2.88. The van der Waals surface area contributed by atoms with Crippen LogP contribution in [0.4, 0.5) is 24.5 Å². The highest BCUT2D eigenvalue weighted by molar-refractivity contribution is 6.00. The molecule has 0 saturated carbocycles. The number of aryl methyl sites for hydroxylation is 1. The maximum absolute atomic E-state index is 15.0. The molecule has 37 heavy (non-hydrogen) atoms. The van der Waals surface area contributed by atoms with Crippen LogP contribution in [0.2, 0.25) is 0 Å². The smallest absolute Gasteiger partial charge is 0.277 e. The number of carbonyl (C=O) groups excluding carboxylic acids is 3. The average molecular weight is 530 g/mol. The second kappa shape index (κ2) is 18.7. The molecule has 12 heteroatoms. The predicted octanol–water partition coefficient (Wildman–Crippen LogP) is 3.65. The van der Waals surface area contributed by atoms with Gasteiger partial charge >= 0.3 is 0 Å². The standard InChI is InChI=1S/C21H24F3N3O5.C2H4O.C2H6/c1-13-3-4-17(16(22)9-13)25-20-15(21(30)26-32-8-6-28)10-14(18(23)19(20)24)11-27(12-29)5-7-31-2;1-2-3;1-2/h3-4,9-10,12,25,28H,5-8,11H2,1-2H3,(H,26,30);2H,1H3;1-2H3. The molecule has 0 aliphatic carbocycles. The van der Waals surface area contributed by atoms with Gasteiger partial charge in [-0.2, -0.15) is 0 Å². The summed E-state index contributed by atoms with van der Waals surface area (Å²) in [6, 6.07) is 5.09. The van der Waals surface area contributed by atoms with E-state index in [0.717, 1.165) is 17.3 Å². The number of halogens is 3. The van der Waals surface area contributed by atoms with E-state index < -0.39 is 41.2 Å². The van der Waals surface area contributed by atoms with Gasteiger partial charge in [-0.05, 0) is 37.6 Å². The van der Waals surface area contributed by atoms with Gasteiger partial charge in [0.05, 0.1) is 36.8 Å². The number of hydrogen-bond donors (Lipinski definition) is 3. The SMILES string of the molecule is CC.CC=O.COCCN(C=O)Cc1cc(C(=O)NOCCO)c(Nc2ccc(C)cc2F)c(F)c1F. The maximum Gasteiger partial charge on any atom is 0.277 e. The largest absolute Gasteiger partial charge is 0.394 e. The Kier molecular flexibility index (Phi) is 17.0. The lowest BCUT2D eigenvalue weighted by atomic mass is 10.0. The molecule has 3 N–H and O–H groups in total. The van der Waals surface area contributed by atoms with Crippen LogP contribution in [-0.2, 0) is 25.7 Å². The molecular weight excluding hydrogens is 495 g/mol. The van der Waals surface area contributed by atoms with Crippen LogP contribution < -0.4 is 10.8 Å². The number of rotatable bonds is 12. The van der Waals surface area contributed by atoms with E-state index in [2.05, 4.69) is 5.32 Å². The molecule has 2 amide bonds. The van der Waals surface area contributed by atoms with E-state index in [0.29, 0.717) is 12.0 Å². The number of ether oxygens (including phenoxy) is 1. The Hall–Kier alpha value is -3.48. The summed E-state index contributed by atoms with van der Waals surface area (Å²) in [7, 11) is 1.42. The summed E-state index contributed by atoms with van der Waals surface area (Å²) in [5, 5.41) is 11.2. The van der Waals surface area contributed by atoms with Crippen LogP contribution in [0, 0.1) is 24.4 Å². The number of aldehydes is 1. The number of anilines is 2. The number of benzene rings is 2. The van der Waals surface area contributed by atoms with Crippen LogP contribution in [0.25, 0.3) is 0 Å². The molecule has 0 atom stereocenters. The Morgan fingerprint density at radius 2 is 1.76 bits per heavy atom. The van der Waals surface area contributed by atoms with Crippen LogP contribution in [0.5, 0.6) is 0 Å². The second-order valence-corrected chi connectivity index (χ2v) is 7.00. The molecule has 0 aliphatic heterocycles. The number of methoxy groups -OCH3 is 1. The number of nitrogens with one attached hydrogen (secondary N) is 2. The van der Waals surface area contributed by atoms with Gasteiger partial charge in [-0.15, -0.1) is 0 Å². The van der Waals surface area contributed by atoms with Crippen LogP contribution in [0.15, 0.2) is 24.3 Å². The molecule has 0 spiro atoms. The van der Waals surface area contributed by atoms with Gasteiger partial charge in [-0.25, -0.2) is 18.7 Å². The van der Waals surface area contributed by atoms with Crippen molar-refractivity contribution >= 4 is 30.0 Å². The molecule has 0 radical (unpaired) electrons. The first-order chi connectivity index (χ1) is 17.7. The van der Waals surface area contributed by atoms with Crippen LogP contribution in [0.3, 0.4) is 0 Å². The lowest BCUT2D eigenvalue weighted by molar-refractivity contribution is -0.119. The highest BCUT2D eigenvalue weighted by Gasteiger charge is 2.24. The Labute approximate surface area is 214 Å². The van der Waals surface area contributed by atoms with Gasteiger partial charge in [-0.3, -0.25) is 14.4 Å². The molecule has 0 aromatic heterocycles. The number of aliphatic hydroxyl groups is 1. The molecule has 2 rings (SSSR count). The summed E-state index contributed by atoms with van der Waals surface area (Å²) >= 11 is 0. The topological polar surface area (TPSA) is 117 Å². The lowest BCUT2D eigenvalue weighted by Gasteiger charge is -2.20. The van der Waals surface area contributed by atoms with Gasteiger partial charge in [0.1, 0.15) is 12.1 Å². The van der Waals surface area contributed by atoms with Gasteiger partial charge in [0.25, 0.3) is 5.91 Å². The van der Waals surface area contributed by atoms with E-state index in [1.807, 2.05) is 19.3 Å². The van der Waals surface area contributed by atoms with Crippen molar-refractivity contribution in [2.45, 2.75) is 34.2 Å². The molecule has 2 aromatic carbocycles. The number of hydrogen-bond acceptors (Lipinski definition) is 7. The molecule has 206 valence electrons. The van der Waals surface area contributed by atoms with Gasteiger partial charge in [0.15, 0.2) is 11.6 Å². The van der Waals surface area contributed by atoms with Crippen LogP contribution in [0.1, 0.15) is 42.3 Å². The summed E-state index contributed by atoms with van der Waals surface area (Å²) in [6.07, 6.45) is 1.19. The quantitative estimate of drug-likeness (QED) is 0.218. The van der Waals surface area contributed by atoms with Crippen molar-refractivity contribution in [3.05, 3.63) is 58.4 Å². The van der Waals surface area contributed by atoms with Crippen molar-refractivity contribution < 1.29 is 42.2 Å². The molecule has 0 heterocycles. The Morgan fingerprint density at radius 3 is 2.30 bits per heavy atom. The molecule has 2 aromatic rings. The van der Waals surface area contributed by atoms with Crippen molar-refractivity contribution in [1.29, 1.82) is 0 Å². The minimum atomic E-state index is -1.44. The minimum absolute atomic E-state index is 0.108. The van der Waals surface area contributed by atoms with E-state index in [1.54, 1.807) is 13.0 Å². The second-order valence-electron chi connectivity index (χ2n) is 7.00. The van der Waals surface area contributed by atoms with E-state index in [4.69, 9.17) is 19.5 Å². The van der Waals surface area contributed by atoms with E-state index in [-0.39, 0.29) is 37.6 Å². The van der Waals surface area contributed by atoms with Crippen molar-refractivity contribution in [3.63, 3.8) is 0 Å². The highest BCUT2D eigenvalue weighted by atomic mass is 19.2. The van der Waals surface area contributed by atoms with Crippen LogP contribution >= 0.6 is 0 Å². The lowest BCUT2D eigenvalue weighted by Crippen LogP contribution is -2.28. The first-order valence-electron chi connectivity index (χ1n) is 11.4. The van der Waals surface area contributed by atoms with Gasteiger partial charge in [-0.1, -0.05) is 19.9 Å². The van der Waals surface area contributed by atoms with Crippen LogP contribution in [-0.4, -0.2) is 62.1 Å². The summed E-state index contributed by atoms with van der Waals surface area (Å²) in [4.78, 5) is 38.5. The molecular formula is C25H34F3N3O6. The maximum atomic E-state index is 15.0. The van der Waals surface area contributed by atoms with Crippen molar-refractivity contribution in [2.24, 2.45) is 0 Å². The number of nitrogens with zero attached hydrogens (tertiary/aromatic N) is 1.